The summed E-state index contributed by atoms with van der Waals surface area (Å²) in [5, 5.41) is 7.65. The van der Waals surface area contributed by atoms with E-state index in [0.717, 1.165) is 22.7 Å². The van der Waals surface area contributed by atoms with Crippen molar-refractivity contribution in [1.82, 2.24) is 4.57 Å². The number of nitrogens with zero attached hydrogens (tertiary/aromatic N) is 2. The molecule has 0 spiro atoms. The van der Waals surface area contributed by atoms with E-state index in [-0.39, 0.29) is 5.41 Å². The number of hydrogen-bond donors (Lipinski definition) is 0. The summed E-state index contributed by atoms with van der Waals surface area (Å²) in [6, 6.07) is 80.2. The fraction of sp³-hybridized carbons (Fsp3) is 0.0508. The van der Waals surface area contributed by atoms with Crippen molar-refractivity contribution in [2.45, 2.75) is 19.3 Å². The number of rotatable bonds is 6. The summed E-state index contributed by atoms with van der Waals surface area (Å²) in [5.41, 5.74) is 17.2. The van der Waals surface area contributed by atoms with Gasteiger partial charge in [-0.15, -0.1) is 0 Å². The lowest BCUT2D eigenvalue weighted by atomic mass is 9.82. The Hall–Kier alpha value is -7.68. The largest absolute Gasteiger partial charge is 0.310 e. The molecule has 2 heteroatoms. The topological polar surface area (TPSA) is 8.17 Å². The van der Waals surface area contributed by atoms with Crippen molar-refractivity contribution in [3.05, 3.63) is 230 Å². The summed E-state index contributed by atoms with van der Waals surface area (Å²) < 4.78 is 2.46. The Bertz CT molecular complexity index is 3480. The van der Waals surface area contributed by atoms with Gasteiger partial charge in [-0.3, -0.25) is 0 Å². The predicted octanol–water partition coefficient (Wildman–Crippen LogP) is 16.2. The molecule has 0 radical (unpaired) electrons. The fourth-order valence-corrected chi connectivity index (χ4v) is 10.2. The van der Waals surface area contributed by atoms with E-state index < -0.39 is 0 Å². The molecule has 0 fully saturated rings. The number of aromatic nitrogens is 1. The van der Waals surface area contributed by atoms with E-state index in [9.17, 15) is 0 Å². The van der Waals surface area contributed by atoms with E-state index in [2.05, 4.69) is 242 Å². The van der Waals surface area contributed by atoms with Gasteiger partial charge in [-0.25, -0.2) is 0 Å². The molecule has 12 rings (SSSR count). The molecule has 1 aromatic heterocycles. The van der Waals surface area contributed by atoms with Gasteiger partial charge in [0.25, 0.3) is 0 Å². The second-order valence-electron chi connectivity index (χ2n) is 16.9. The van der Waals surface area contributed by atoms with Crippen LogP contribution in [0.2, 0.25) is 0 Å². The lowest BCUT2D eigenvalue weighted by Crippen LogP contribution is -2.16. The average Bonchev–Trinajstić information content (AvgIpc) is 3.79. The smallest absolute Gasteiger partial charge is 0.0625 e. The molecule has 1 aliphatic rings. The van der Waals surface area contributed by atoms with Crippen molar-refractivity contribution in [2.75, 3.05) is 4.90 Å². The van der Waals surface area contributed by atoms with Gasteiger partial charge >= 0.3 is 0 Å². The van der Waals surface area contributed by atoms with Crippen LogP contribution in [0.5, 0.6) is 0 Å². The van der Waals surface area contributed by atoms with Gasteiger partial charge in [0.2, 0.25) is 0 Å². The third-order valence-electron chi connectivity index (χ3n) is 13.1. The van der Waals surface area contributed by atoms with E-state index >= 15 is 0 Å². The molecule has 0 N–H and O–H groups in total. The van der Waals surface area contributed by atoms with Crippen LogP contribution in [-0.4, -0.2) is 4.57 Å². The summed E-state index contributed by atoms with van der Waals surface area (Å²) in [5.74, 6) is 0. The highest BCUT2D eigenvalue weighted by Crippen LogP contribution is 2.51. The second kappa shape index (κ2) is 13.7. The number of hydrogen-bond acceptors (Lipinski definition) is 1. The van der Waals surface area contributed by atoms with Crippen LogP contribution in [0, 0.1) is 0 Å². The molecule has 2 nitrogen and oxygen atoms in total. The molecular weight excluding hydrogens is 737 g/mol. The third kappa shape index (κ3) is 5.49. The second-order valence-corrected chi connectivity index (χ2v) is 16.9. The van der Waals surface area contributed by atoms with E-state index in [0.29, 0.717) is 0 Å². The molecule has 0 saturated carbocycles. The maximum atomic E-state index is 2.46. The van der Waals surface area contributed by atoms with Crippen LogP contribution in [0.25, 0.3) is 82.4 Å². The molecule has 1 aliphatic carbocycles. The molecule has 61 heavy (non-hydrogen) atoms. The zero-order chi connectivity index (χ0) is 40.7. The fourth-order valence-electron chi connectivity index (χ4n) is 10.2. The van der Waals surface area contributed by atoms with Gasteiger partial charge in [0.1, 0.15) is 0 Å². The van der Waals surface area contributed by atoms with Gasteiger partial charge in [0.05, 0.1) is 11.0 Å². The quantitative estimate of drug-likeness (QED) is 0.153. The van der Waals surface area contributed by atoms with E-state index in [1.807, 2.05) is 0 Å². The number of fused-ring (bicyclic) bond motifs is 11. The normalized spacial score (nSPS) is 12.9. The summed E-state index contributed by atoms with van der Waals surface area (Å²) in [6.07, 6.45) is 0. The number of benzene rings is 10. The lowest BCUT2D eigenvalue weighted by molar-refractivity contribution is 0.660. The van der Waals surface area contributed by atoms with Crippen molar-refractivity contribution in [2.24, 2.45) is 0 Å². The molecule has 0 amide bonds. The number of anilines is 3. The third-order valence-corrected chi connectivity index (χ3v) is 13.1. The number of para-hydroxylation sites is 2. The molecule has 10 aromatic carbocycles. The zero-order valence-corrected chi connectivity index (χ0v) is 34.2. The first-order valence-electron chi connectivity index (χ1n) is 21.3. The molecule has 0 aliphatic heterocycles. The maximum Gasteiger partial charge on any atom is 0.0625 e. The van der Waals surface area contributed by atoms with E-state index in [4.69, 9.17) is 0 Å². The predicted molar refractivity (Wildman–Crippen MR) is 259 cm³/mol. The lowest BCUT2D eigenvalue weighted by Gasteiger charge is -2.28. The highest BCUT2D eigenvalue weighted by atomic mass is 15.1. The van der Waals surface area contributed by atoms with Gasteiger partial charge in [-0.05, 0) is 127 Å². The van der Waals surface area contributed by atoms with Crippen molar-refractivity contribution >= 4 is 60.4 Å². The Morgan fingerprint density at radius 2 is 0.918 bits per heavy atom. The van der Waals surface area contributed by atoms with Crippen LogP contribution >= 0.6 is 0 Å². The first-order chi connectivity index (χ1) is 30.0. The van der Waals surface area contributed by atoms with Gasteiger partial charge in [-0.2, -0.15) is 0 Å². The minimum atomic E-state index is -0.0785. The van der Waals surface area contributed by atoms with Crippen molar-refractivity contribution in [3.8, 4) is 39.1 Å². The van der Waals surface area contributed by atoms with Gasteiger partial charge in [0, 0.05) is 44.3 Å². The maximum absolute atomic E-state index is 2.46. The molecular formula is C59H42N2. The first-order valence-corrected chi connectivity index (χ1v) is 21.3. The molecule has 1 heterocycles. The van der Waals surface area contributed by atoms with Crippen LogP contribution in [0.3, 0.4) is 0 Å². The highest BCUT2D eigenvalue weighted by molar-refractivity contribution is 6.32. The summed E-state index contributed by atoms with van der Waals surface area (Å²) in [7, 11) is 0. The zero-order valence-electron chi connectivity index (χ0n) is 34.2. The minimum absolute atomic E-state index is 0.0785. The monoisotopic (exact) mass is 778 g/mol. The van der Waals surface area contributed by atoms with Crippen LogP contribution in [0.4, 0.5) is 17.1 Å². The molecule has 0 bridgehead atoms. The molecule has 0 atom stereocenters. The molecule has 0 unspecified atom stereocenters. The Kier molecular flexibility index (Phi) is 7.92. The van der Waals surface area contributed by atoms with Crippen molar-refractivity contribution < 1.29 is 0 Å². The molecule has 11 aromatic rings. The van der Waals surface area contributed by atoms with Crippen molar-refractivity contribution in [1.29, 1.82) is 0 Å². The van der Waals surface area contributed by atoms with Gasteiger partial charge < -0.3 is 9.47 Å². The van der Waals surface area contributed by atoms with Crippen LogP contribution < -0.4 is 4.90 Å². The SMILES string of the molecule is CC1(C)c2ccccc2-c2ccc(N(c3ccccc3)c3ccc(-c4cccc(-c5ccc6c(c5)c5c7ccccc7c7ccccc7c5n6-c5ccccc5)c4)cc3)cc21. The van der Waals surface area contributed by atoms with Gasteiger partial charge in [0.15, 0.2) is 0 Å². The van der Waals surface area contributed by atoms with E-state index in [1.165, 1.54) is 87.9 Å². The molecule has 0 saturated heterocycles. The summed E-state index contributed by atoms with van der Waals surface area (Å²) in [4.78, 5) is 2.38. The summed E-state index contributed by atoms with van der Waals surface area (Å²) in [6.45, 7) is 4.70. The van der Waals surface area contributed by atoms with E-state index in [1.54, 1.807) is 0 Å². The Morgan fingerprint density at radius 3 is 1.69 bits per heavy atom. The van der Waals surface area contributed by atoms with Gasteiger partial charge in [-0.1, -0.05) is 166 Å². The Balaban J connectivity index is 0.956. The van der Waals surface area contributed by atoms with Crippen LogP contribution in [0.15, 0.2) is 218 Å². The first kappa shape index (κ1) is 35.3. The molecule has 288 valence electrons. The Morgan fingerprint density at radius 1 is 0.361 bits per heavy atom. The van der Waals surface area contributed by atoms with Crippen LogP contribution in [-0.2, 0) is 5.41 Å². The van der Waals surface area contributed by atoms with Crippen molar-refractivity contribution in [3.63, 3.8) is 0 Å². The Labute approximate surface area is 356 Å². The van der Waals surface area contributed by atoms with Crippen LogP contribution in [0.1, 0.15) is 25.0 Å². The summed E-state index contributed by atoms with van der Waals surface area (Å²) >= 11 is 0. The average molecular weight is 779 g/mol. The standard InChI is InChI=1S/C59H42N2/c1-59(2)54-27-14-13-24-49(54)50-34-33-46(38-55(50)59)60(43-18-5-3-6-19-43)45-31-28-39(29-32-45)40-16-15-17-41(36-40)42-30-35-56-53(37-42)57-51-25-11-9-22-47(51)48-23-10-12-26-52(48)58(57)61(56)44-20-7-4-8-21-44/h3-38H,1-2H3. The highest BCUT2D eigenvalue weighted by Gasteiger charge is 2.35. The minimum Gasteiger partial charge on any atom is -0.310 e.